The molecule has 0 atom stereocenters. The molecule has 0 aromatic carbocycles. The van der Waals surface area contributed by atoms with E-state index in [0.29, 0.717) is 17.2 Å². The van der Waals surface area contributed by atoms with Crippen molar-refractivity contribution in [1.82, 2.24) is 44.9 Å². The number of nitrogens with one attached hydrogen (secondary N) is 1. The van der Waals surface area contributed by atoms with Crippen LogP contribution in [0.1, 0.15) is 8.35 Å². The Morgan fingerprint density at radius 1 is 0.745 bits per heavy atom. The summed E-state index contributed by atoms with van der Waals surface area (Å²) in [5.41, 5.74) is 3.96. The molecular formula is C32H36BBr2K2N9O9. The number of ether oxygens (including phenoxy) is 2. The molecule has 6 rings (SSSR count). The van der Waals surface area contributed by atoms with E-state index < -0.39 is 7.12 Å². The third-order valence-electron chi connectivity index (χ3n) is 5.35. The zero-order valence-corrected chi connectivity index (χ0v) is 40.0. The zero-order chi connectivity index (χ0) is 38.4. The number of rotatable bonds is 6. The first-order chi connectivity index (χ1) is 25.2. The fourth-order valence-electron chi connectivity index (χ4n) is 3.10. The van der Waals surface area contributed by atoms with E-state index in [1.165, 1.54) is 44.4 Å². The van der Waals surface area contributed by atoms with Crippen LogP contribution in [0.5, 0.6) is 11.8 Å². The van der Waals surface area contributed by atoms with Gasteiger partial charge in [-0.25, -0.2) is 39.9 Å². The van der Waals surface area contributed by atoms with Gasteiger partial charge in [-0.3, -0.25) is 9.59 Å². The number of halogens is 2. The molecule has 0 bridgehead atoms. The maximum absolute atomic E-state index is 10.8. The van der Waals surface area contributed by atoms with Crippen molar-refractivity contribution in [3.63, 3.8) is 0 Å². The molecule has 0 fully saturated rings. The van der Waals surface area contributed by atoms with Crippen LogP contribution in [0, 0.1) is 0 Å². The summed E-state index contributed by atoms with van der Waals surface area (Å²) in [7, 11) is 1.62. The van der Waals surface area contributed by atoms with Crippen molar-refractivity contribution in [3.8, 4) is 34.0 Å². The molecule has 0 aliphatic rings. The Labute approximate surface area is 422 Å². The summed E-state index contributed by atoms with van der Waals surface area (Å²) >= 11 is 3.19. The minimum atomic E-state index is -1.46. The Balaban J connectivity index is -0.000000303. The standard InChI is InChI=1S/C10H9N3O.C9H7N3O.C6H8BNO3.C4H3BrN2.C2H6O.CH2O3.BrH.2K.H/c1-14-10-3-2-8(6-13-10)9-4-11-7-12-5-9;13-9-2-1-7(5-12-9)8-3-10-6-11-4-8;1-11-6-3-2-5(4-8-6)7(9)10;5-4-1-6-3-7-2-4;1-2-3;2-1-4-3;;;;/h2-7H,1H3;1-6H,(H,12,13);2-4,9-10H,1H3;1-3H;3H,2H2,1H3;1,3H;1H;;;/q;;;;;;;2*+1;-1/p-1. The summed E-state index contributed by atoms with van der Waals surface area (Å²) in [4.78, 5) is 55.6. The average molecular weight is 940 g/mol. The predicted molar refractivity (Wildman–Crippen MR) is 202 cm³/mol. The summed E-state index contributed by atoms with van der Waals surface area (Å²) < 4.78 is 10.6. The van der Waals surface area contributed by atoms with Gasteiger partial charge in [-0.05, 0) is 41.1 Å². The number of nitrogens with zero attached hydrogens (tertiary/aromatic N) is 8. The van der Waals surface area contributed by atoms with E-state index in [-0.39, 0.29) is 140 Å². The van der Waals surface area contributed by atoms with Gasteiger partial charge in [0.2, 0.25) is 17.3 Å². The van der Waals surface area contributed by atoms with Crippen molar-refractivity contribution >= 4 is 52.0 Å². The van der Waals surface area contributed by atoms with Crippen molar-refractivity contribution in [2.75, 3.05) is 20.8 Å². The van der Waals surface area contributed by atoms with E-state index in [1.54, 1.807) is 75.7 Å². The number of hydrogen-bond acceptors (Lipinski definition) is 17. The molecule has 0 spiro atoms. The molecule has 23 heteroatoms. The van der Waals surface area contributed by atoms with Crippen LogP contribution in [0.25, 0.3) is 22.3 Å². The van der Waals surface area contributed by atoms with Gasteiger partial charge >= 0.3 is 110 Å². The van der Waals surface area contributed by atoms with Crippen LogP contribution in [0.3, 0.4) is 0 Å². The second-order valence-corrected chi connectivity index (χ2v) is 9.77. The molecule has 0 aliphatic carbocycles. The van der Waals surface area contributed by atoms with Crippen LogP contribution in [0.15, 0.2) is 120 Å². The van der Waals surface area contributed by atoms with Gasteiger partial charge in [0.15, 0.2) is 0 Å². The summed E-state index contributed by atoms with van der Waals surface area (Å²) in [5.74, 6) is 1.06. The van der Waals surface area contributed by atoms with Crippen molar-refractivity contribution < 1.29 is 144 Å². The van der Waals surface area contributed by atoms with Crippen LogP contribution in [-0.4, -0.2) is 94.4 Å². The van der Waals surface area contributed by atoms with E-state index >= 15 is 0 Å². The predicted octanol–water partition coefficient (Wildman–Crippen LogP) is -4.48. The maximum atomic E-state index is 10.8. The molecule has 6 aromatic heterocycles. The molecule has 6 aromatic rings. The molecule has 0 aliphatic heterocycles. The number of H-pyrrole nitrogens is 1. The van der Waals surface area contributed by atoms with Crippen molar-refractivity contribution in [2.24, 2.45) is 0 Å². The summed E-state index contributed by atoms with van der Waals surface area (Å²) in [6.45, 7) is 1.75. The zero-order valence-electron chi connectivity index (χ0n) is 31.4. The van der Waals surface area contributed by atoms with Gasteiger partial charge < -0.3 is 41.2 Å². The van der Waals surface area contributed by atoms with Crippen LogP contribution >= 0.6 is 32.9 Å². The second-order valence-electron chi connectivity index (χ2n) is 8.86. The number of aromatic amines is 1. The molecule has 55 heavy (non-hydrogen) atoms. The molecular weight excluding hydrogens is 903 g/mol. The van der Waals surface area contributed by atoms with E-state index in [0.717, 1.165) is 26.7 Å². The van der Waals surface area contributed by atoms with E-state index in [1.807, 2.05) is 12.1 Å². The second kappa shape index (κ2) is 37.3. The minimum Gasteiger partial charge on any atom is -1.00 e. The Morgan fingerprint density at radius 3 is 1.47 bits per heavy atom. The normalized spacial score (nSPS) is 8.51. The number of hydrogen-bond donors (Lipinski definition) is 4. The van der Waals surface area contributed by atoms with Gasteiger partial charge in [-0.15, -0.1) is 17.0 Å². The minimum absolute atomic E-state index is 0. The van der Waals surface area contributed by atoms with E-state index in [4.69, 9.17) is 34.7 Å². The molecule has 4 N–H and O–H groups in total. The third-order valence-corrected chi connectivity index (χ3v) is 5.76. The molecule has 0 saturated heterocycles. The third kappa shape index (κ3) is 27.1. The maximum Gasteiger partial charge on any atom is 1.00 e. The molecule has 0 radical (unpaired) electrons. The fraction of sp³-hybridized carbons (Fsp3) is 0.125. The first-order valence-electron chi connectivity index (χ1n) is 14.5. The van der Waals surface area contributed by atoms with Crippen LogP contribution in [-0.2, 0) is 9.68 Å². The smallest absolute Gasteiger partial charge is 1.00 e. The van der Waals surface area contributed by atoms with Crippen molar-refractivity contribution in [3.05, 3.63) is 126 Å². The monoisotopic (exact) mass is 937 g/mol. The molecule has 0 amide bonds. The summed E-state index contributed by atoms with van der Waals surface area (Å²) in [6.07, 6.45) is 19.4. The van der Waals surface area contributed by atoms with Crippen LogP contribution in [0.2, 0.25) is 0 Å². The molecule has 0 saturated carbocycles. The Kier molecular flexibility index (Phi) is 38.7. The quantitative estimate of drug-likeness (QED) is 0.0531. The first-order valence-corrected chi connectivity index (χ1v) is 15.3. The molecule has 6 heterocycles. The van der Waals surface area contributed by atoms with Crippen molar-refractivity contribution in [1.29, 1.82) is 0 Å². The van der Waals surface area contributed by atoms with Gasteiger partial charge in [0.05, 0.1) is 18.7 Å². The van der Waals surface area contributed by atoms with Crippen LogP contribution < -0.4 is 129 Å². The number of pyridine rings is 3. The topological polar surface area (TPSA) is 264 Å². The van der Waals surface area contributed by atoms with Crippen LogP contribution in [0.4, 0.5) is 0 Å². The van der Waals surface area contributed by atoms with E-state index in [9.17, 15) is 4.79 Å². The molecule has 282 valence electrons. The van der Waals surface area contributed by atoms with Crippen molar-refractivity contribution in [2.45, 2.75) is 6.92 Å². The van der Waals surface area contributed by atoms with Gasteiger partial charge in [-0.1, -0.05) is 6.07 Å². The number of carbonyl (C=O) groups is 1. The van der Waals surface area contributed by atoms with E-state index in [2.05, 4.69) is 65.7 Å². The first kappa shape index (κ1) is 57.0. The summed E-state index contributed by atoms with van der Waals surface area (Å²) in [6, 6.07) is 10.0. The van der Waals surface area contributed by atoms with Gasteiger partial charge in [-0.2, -0.15) is 0 Å². The fourth-order valence-corrected chi connectivity index (χ4v) is 3.34. The number of aliphatic hydroxyl groups is 1. The van der Waals surface area contributed by atoms with Gasteiger partial charge in [0.25, 0.3) is 6.47 Å². The molecule has 18 nitrogen and oxygen atoms in total. The number of methoxy groups -OCH3 is 2. The number of aliphatic hydroxyl groups excluding tert-OH is 1. The SMILES string of the molecule is Br.Brc1cncnc1.CCO.COc1ccc(-c2cncnc2)cn1.COc1ccc(B(O)O)cn1.O=CO[O-].O=c1ccc(-c2cncnc2)c[nH]1.[H-].[K+].[K+]. The van der Waals surface area contributed by atoms with Gasteiger partial charge in [0, 0.05) is 102 Å². The Bertz CT molecular complexity index is 1820. The molecule has 0 unspecified atom stereocenters. The summed E-state index contributed by atoms with van der Waals surface area (Å²) in [5, 5.41) is 33.3. The van der Waals surface area contributed by atoms with Gasteiger partial charge in [0.1, 0.15) is 19.0 Å². The number of aromatic nitrogens is 9. The number of carbonyl (C=O) groups excluding carboxylic acids is 1. The Hall–Kier alpha value is -2.30. The Morgan fingerprint density at radius 2 is 1.16 bits per heavy atom. The largest absolute Gasteiger partial charge is 1.00 e. The average Bonchev–Trinajstić information content (AvgIpc) is 3.20.